The van der Waals surface area contributed by atoms with Crippen molar-refractivity contribution < 1.29 is 4.79 Å². The highest BCUT2D eigenvalue weighted by atomic mass is 35.5. The molecule has 0 bridgehead atoms. The number of urea groups is 1. The molecule has 6 heteroatoms. The molecule has 2 N–H and O–H groups in total. The molecule has 0 atom stereocenters. The zero-order valence-electron chi connectivity index (χ0n) is 16.0. The van der Waals surface area contributed by atoms with Crippen molar-refractivity contribution in [2.24, 2.45) is 0 Å². The van der Waals surface area contributed by atoms with Crippen LogP contribution >= 0.6 is 11.6 Å². The number of nitrogens with zero attached hydrogens (tertiary/aromatic N) is 2. The molecule has 4 rings (SSSR count). The lowest BCUT2D eigenvalue weighted by molar-refractivity contribution is 0.251. The van der Waals surface area contributed by atoms with Crippen LogP contribution in [0.5, 0.6) is 0 Å². The van der Waals surface area contributed by atoms with Gasteiger partial charge in [-0.15, -0.1) is 0 Å². The lowest BCUT2D eigenvalue weighted by Crippen LogP contribution is -2.29. The van der Waals surface area contributed by atoms with Crippen molar-refractivity contribution in [2.45, 2.75) is 20.0 Å². The molecule has 5 nitrogen and oxygen atoms in total. The maximum Gasteiger partial charge on any atom is 0.319 e. The molecule has 0 fully saturated rings. The summed E-state index contributed by atoms with van der Waals surface area (Å²) in [4.78, 5) is 17.0. The number of hydrogen-bond acceptors (Lipinski definition) is 2. The van der Waals surface area contributed by atoms with Crippen LogP contribution in [0.15, 0.2) is 72.8 Å². The van der Waals surface area contributed by atoms with Crippen molar-refractivity contribution in [3.63, 3.8) is 0 Å². The van der Waals surface area contributed by atoms with Crippen molar-refractivity contribution in [2.75, 3.05) is 5.32 Å². The van der Waals surface area contributed by atoms with Gasteiger partial charge in [0.2, 0.25) is 0 Å². The summed E-state index contributed by atoms with van der Waals surface area (Å²) in [5.41, 5.74) is 5.05. The van der Waals surface area contributed by atoms with E-state index < -0.39 is 0 Å². The predicted octanol–water partition coefficient (Wildman–Crippen LogP) is 5.37. The number of para-hydroxylation sites is 2. The molecule has 1 aromatic heterocycles. The van der Waals surface area contributed by atoms with Crippen LogP contribution in [0, 0.1) is 6.92 Å². The van der Waals surface area contributed by atoms with Crippen LogP contribution in [0.25, 0.3) is 11.0 Å². The molecule has 0 aliphatic carbocycles. The number of amides is 2. The first-order valence-corrected chi connectivity index (χ1v) is 9.76. The molecule has 146 valence electrons. The molecule has 0 spiro atoms. The molecular weight excluding hydrogens is 384 g/mol. The van der Waals surface area contributed by atoms with Gasteiger partial charge < -0.3 is 15.2 Å². The molecular formula is C23H21ClN4O. The average Bonchev–Trinajstić information content (AvgIpc) is 3.07. The lowest BCUT2D eigenvalue weighted by Gasteiger charge is -2.11. The number of benzene rings is 3. The molecule has 0 saturated carbocycles. The van der Waals surface area contributed by atoms with E-state index in [4.69, 9.17) is 16.6 Å². The summed E-state index contributed by atoms with van der Waals surface area (Å²) in [5, 5.41) is 6.32. The number of fused-ring (bicyclic) bond motifs is 1. The Labute approximate surface area is 174 Å². The number of carbonyl (C=O) groups excluding carboxylic acids is 1. The van der Waals surface area contributed by atoms with E-state index in [0.717, 1.165) is 16.9 Å². The fraction of sp³-hybridized carbons (Fsp3) is 0.130. The summed E-state index contributed by atoms with van der Waals surface area (Å²) in [7, 11) is 0. The maximum atomic E-state index is 12.3. The van der Waals surface area contributed by atoms with Gasteiger partial charge in [0.1, 0.15) is 5.82 Å². The van der Waals surface area contributed by atoms with E-state index in [0.29, 0.717) is 23.8 Å². The number of carbonyl (C=O) groups is 1. The van der Waals surface area contributed by atoms with Crippen molar-refractivity contribution in [1.82, 2.24) is 14.9 Å². The van der Waals surface area contributed by atoms with Crippen LogP contribution in [-0.4, -0.2) is 15.6 Å². The summed E-state index contributed by atoms with van der Waals surface area (Å²) in [5.74, 6) is 0.804. The van der Waals surface area contributed by atoms with Gasteiger partial charge in [-0.3, -0.25) is 0 Å². The largest absolute Gasteiger partial charge is 0.331 e. The van der Waals surface area contributed by atoms with Gasteiger partial charge in [0.25, 0.3) is 0 Å². The monoisotopic (exact) mass is 404 g/mol. The van der Waals surface area contributed by atoms with Crippen LogP contribution < -0.4 is 10.6 Å². The summed E-state index contributed by atoms with van der Waals surface area (Å²) in [6.07, 6.45) is 0. The van der Waals surface area contributed by atoms with E-state index in [-0.39, 0.29) is 6.03 Å². The Balaban J connectivity index is 1.52. The van der Waals surface area contributed by atoms with Gasteiger partial charge in [-0.1, -0.05) is 53.6 Å². The van der Waals surface area contributed by atoms with Gasteiger partial charge >= 0.3 is 6.03 Å². The molecule has 3 aromatic carbocycles. The first-order valence-electron chi connectivity index (χ1n) is 9.38. The third-order valence-corrected chi connectivity index (χ3v) is 4.96. The van der Waals surface area contributed by atoms with Gasteiger partial charge in [0.05, 0.1) is 17.6 Å². The van der Waals surface area contributed by atoms with E-state index in [2.05, 4.69) is 46.4 Å². The molecule has 0 saturated heterocycles. The smallest absolute Gasteiger partial charge is 0.319 e. The minimum absolute atomic E-state index is 0.290. The Morgan fingerprint density at radius 3 is 2.48 bits per heavy atom. The first-order chi connectivity index (χ1) is 14.1. The van der Waals surface area contributed by atoms with E-state index in [1.807, 2.05) is 24.3 Å². The molecule has 4 aromatic rings. The van der Waals surface area contributed by atoms with Crippen LogP contribution in [-0.2, 0) is 13.1 Å². The molecule has 2 amide bonds. The number of halogens is 1. The maximum absolute atomic E-state index is 12.3. The Hall–Kier alpha value is -3.31. The second-order valence-electron chi connectivity index (χ2n) is 6.90. The number of hydrogen-bond donors (Lipinski definition) is 2. The SMILES string of the molecule is Cc1ccc(Cn2c(CNC(=O)Nc3ccc(Cl)cc3)nc3ccccc32)cc1. The summed E-state index contributed by atoms with van der Waals surface area (Å²) in [6, 6.07) is 23.1. The van der Waals surface area contributed by atoms with E-state index in [9.17, 15) is 4.79 Å². The molecule has 0 aliphatic heterocycles. The number of aryl methyl sites for hydroxylation is 1. The van der Waals surface area contributed by atoms with Crippen LogP contribution in [0.1, 0.15) is 17.0 Å². The molecule has 29 heavy (non-hydrogen) atoms. The molecule has 0 aliphatic rings. The highest BCUT2D eigenvalue weighted by Crippen LogP contribution is 2.19. The fourth-order valence-corrected chi connectivity index (χ4v) is 3.31. The summed E-state index contributed by atoms with van der Waals surface area (Å²) in [6.45, 7) is 3.08. The zero-order valence-corrected chi connectivity index (χ0v) is 16.8. The fourth-order valence-electron chi connectivity index (χ4n) is 3.18. The van der Waals surface area contributed by atoms with Crippen molar-refractivity contribution >= 4 is 34.4 Å². The Morgan fingerprint density at radius 2 is 1.72 bits per heavy atom. The second kappa shape index (κ2) is 8.37. The lowest BCUT2D eigenvalue weighted by atomic mass is 10.1. The average molecular weight is 405 g/mol. The van der Waals surface area contributed by atoms with Crippen molar-refractivity contribution in [3.8, 4) is 0 Å². The van der Waals surface area contributed by atoms with Crippen molar-refractivity contribution in [1.29, 1.82) is 0 Å². The van der Waals surface area contributed by atoms with Gasteiger partial charge in [-0.2, -0.15) is 0 Å². The Kier molecular flexibility index (Phi) is 5.49. The van der Waals surface area contributed by atoms with Gasteiger partial charge in [-0.05, 0) is 48.9 Å². The Morgan fingerprint density at radius 1 is 1.00 bits per heavy atom. The standard InChI is InChI=1S/C23H21ClN4O/c1-16-6-8-17(9-7-16)15-28-21-5-3-2-4-20(21)27-22(28)14-25-23(29)26-19-12-10-18(24)11-13-19/h2-13H,14-15H2,1H3,(H2,25,26,29). The minimum atomic E-state index is -0.290. The predicted molar refractivity (Wildman–Crippen MR) is 117 cm³/mol. The zero-order chi connectivity index (χ0) is 20.2. The van der Waals surface area contributed by atoms with E-state index in [1.165, 1.54) is 11.1 Å². The topological polar surface area (TPSA) is 59.0 Å². The molecule has 1 heterocycles. The normalized spacial score (nSPS) is 10.8. The number of anilines is 1. The quantitative estimate of drug-likeness (QED) is 0.470. The number of aromatic nitrogens is 2. The second-order valence-corrected chi connectivity index (χ2v) is 7.34. The van der Waals surface area contributed by atoms with Crippen LogP contribution in [0.3, 0.4) is 0 Å². The van der Waals surface area contributed by atoms with Gasteiger partial charge in [0.15, 0.2) is 0 Å². The summed E-state index contributed by atoms with van der Waals surface area (Å²) < 4.78 is 2.14. The van der Waals surface area contributed by atoms with Crippen LogP contribution in [0.2, 0.25) is 5.02 Å². The number of nitrogens with one attached hydrogen (secondary N) is 2. The Bertz CT molecular complexity index is 1130. The highest BCUT2D eigenvalue weighted by molar-refractivity contribution is 6.30. The molecule has 0 radical (unpaired) electrons. The highest BCUT2D eigenvalue weighted by Gasteiger charge is 2.12. The molecule has 0 unspecified atom stereocenters. The first kappa shape index (κ1) is 19.0. The van der Waals surface area contributed by atoms with E-state index in [1.54, 1.807) is 24.3 Å². The third-order valence-electron chi connectivity index (χ3n) is 4.70. The summed E-state index contributed by atoms with van der Waals surface area (Å²) >= 11 is 5.88. The van der Waals surface area contributed by atoms with E-state index >= 15 is 0 Å². The van der Waals surface area contributed by atoms with Crippen LogP contribution in [0.4, 0.5) is 10.5 Å². The van der Waals surface area contributed by atoms with Gasteiger partial charge in [0, 0.05) is 17.3 Å². The minimum Gasteiger partial charge on any atom is -0.331 e. The van der Waals surface area contributed by atoms with Gasteiger partial charge in [-0.25, -0.2) is 9.78 Å². The van der Waals surface area contributed by atoms with Crippen molar-refractivity contribution in [3.05, 3.63) is 94.8 Å². The number of rotatable bonds is 5. The third kappa shape index (κ3) is 4.58. The number of imidazole rings is 1.